The molecule has 4 aromatic rings. The van der Waals surface area contributed by atoms with Crippen molar-refractivity contribution >= 4 is 22.6 Å². The third kappa shape index (κ3) is 3.14. The number of hydrogen-bond acceptors (Lipinski definition) is 3. The summed E-state index contributed by atoms with van der Waals surface area (Å²) in [6.07, 6.45) is 3.12. The fourth-order valence-electron chi connectivity index (χ4n) is 3.35. The van der Waals surface area contributed by atoms with Gasteiger partial charge in [-0.15, -0.1) is 0 Å². The van der Waals surface area contributed by atoms with E-state index >= 15 is 0 Å². The van der Waals surface area contributed by atoms with Gasteiger partial charge in [-0.25, -0.2) is 0 Å². The minimum Gasteiger partial charge on any atom is -0.507 e. The molecule has 4 aromatic carbocycles. The van der Waals surface area contributed by atoms with E-state index in [1.54, 1.807) is 42.5 Å². The SMILES string of the molecule is O=C(/C=C\c1ccccc1)c1c(-c2ccccc2)c(O)c2ccccc2c1O. The predicted octanol–water partition coefficient (Wildman–Crippen LogP) is 5.81. The van der Waals surface area contributed by atoms with Crippen LogP contribution in [0.4, 0.5) is 0 Å². The number of ketones is 1. The molecule has 0 atom stereocenters. The number of aromatic hydroxyl groups is 2. The van der Waals surface area contributed by atoms with E-state index in [9.17, 15) is 15.0 Å². The summed E-state index contributed by atoms with van der Waals surface area (Å²) in [5.41, 5.74) is 1.97. The quantitative estimate of drug-likeness (QED) is 0.272. The highest BCUT2D eigenvalue weighted by Crippen LogP contribution is 2.45. The molecule has 2 N–H and O–H groups in total. The summed E-state index contributed by atoms with van der Waals surface area (Å²) in [7, 11) is 0. The van der Waals surface area contributed by atoms with Gasteiger partial charge in [0.2, 0.25) is 0 Å². The van der Waals surface area contributed by atoms with Crippen molar-refractivity contribution < 1.29 is 15.0 Å². The second-order valence-corrected chi connectivity index (χ2v) is 6.47. The van der Waals surface area contributed by atoms with Gasteiger partial charge in [-0.05, 0) is 17.2 Å². The maximum Gasteiger partial charge on any atom is 0.190 e. The molecule has 0 spiro atoms. The number of hydrogen-bond donors (Lipinski definition) is 2. The van der Waals surface area contributed by atoms with E-state index < -0.39 is 0 Å². The zero-order valence-corrected chi connectivity index (χ0v) is 15.0. The Kier molecular flexibility index (Phi) is 4.65. The molecule has 3 nitrogen and oxygen atoms in total. The first kappa shape index (κ1) is 17.6. The van der Waals surface area contributed by atoms with E-state index in [2.05, 4.69) is 0 Å². The number of fused-ring (bicyclic) bond motifs is 1. The van der Waals surface area contributed by atoms with Crippen molar-refractivity contribution in [2.24, 2.45) is 0 Å². The molecule has 4 rings (SSSR count). The first-order chi connectivity index (χ1) is 13.7. The Hall–Kier alpha value is -3.85. The molecule has 0 aromatic heterocycles. The van der Waals surface area contributed by atoms with Crippen LogP contribution < -0.4 is 0 Å². The minimum absolute atomic E-state index is 0.0175. The Balaban J connectivity index is 1.95. The number of allylic oxidation sites excluding steroid dienone is 1. The van der Waals surface area contributed by atoms with E-state index in [0.29, 0.717) is 21.9 Å². The van der Waals surface area contributed by atoms with Gasteiger partial charge in [-0.1, -0.05) is 91.0 Å². The number of benzene rings is 4. The first-order valence-corrected chi connectivity index (χ1v) is 8.96. The molecular formula is C25H18O3. The van der Waals surface area contributed by atoms with E-state index in [1.807, 2.05) is 48.5 Å². The van der Waals surface area contributed by atoms with Crippen LogP contribution in [0.1, 0.15) is 15.9 Å². The van der Waals surface area contributed by atoms with Gasteiger partial charge in [-0.2, -0.15) is 0 Å². The monoisotopic (exact) mass is 366 g/mol. The lowest BCUT2D eigenvalue weighted by molar-refractivity contribution is 0.104. The highest BCUT2D eigenvalue weighted by Gasteiger charge is 2.23. The molecule has 0 aliphatic heterocycles. The van der Waals surface area contributed by atoms with Crippen LogP contribution in [-0.4, -0.2) is 16.0 Å². The van der Waals surface area contributed by atoms with Crippen LogP contribution in [0.2, 0.25) is 0 Å². The molecule has 0 amide bonds. The highest BCUT2D eigenvalue weighted by atomic mass is 16.3. The molecule has 0 unspecified atom stereocenters. The van der Waals surface area contributed by atoms with Gasteiger partial charge in [0.1, 0.15) is 11.5 Å². The maximum absolute atomic E-state index is 13.1. The zero-order chi connectivity index (χ0) is 19.5. The second kappa shape index (κ2) is 7.41. The van der Waals surface area contributed by atoms with Crippen molar-refractivity contribution in [2.45, 2.75) is 0 Å². The fourth-order valence-corrected chi connectivity index (χ4v) is 3.35. The average molecular weight is 366 g/mol. The van der Waals surface area contributed by atoms with Crippen LogP contribution in [0.15, 0.2) is 91.0 Å². The number of carbonyl (C=O) groups is 1. The topological polar surface area (TPSA) is 57.5 Å². The molecule has 0 saturated heterocycles. The van der Waals surface area contributed by atoms with Gasteiger partial charge in [-0.3, -0.25) is 4.79 Å². The lowest BCUT2D eigenvalue weighted by Crippen LogP contribution is -2.00. The molecule has 0 aliphatic carbocycles. The third-order valence-corrected chi connectivity index (χ3v) is 4.70. The molecule has 0 saturated carbocycles. The molecule has 3 heteroatoms. The normalized spacial score (nSPS) is 11.1. The van der Waals surface area contributed by atoms with Crippen molar-refractivity contribution in [1.82, 2.24) is 0 Å². The van der Waals surface area contributed by atoms with Gasteiger partial charge >= 0.3 is 0 Å². The van der Waals surface area contributed by atoms with Gasteiger partial charge in [0, 0.05) is 16.3 Å². The van der Waals surface area contributed by atoms with Crippen LogP contribution in [-0.2, 0) is 0 Å². The summed E-state index contributed by atoms with van der Waals surface area (Å²) in [6.45, 7) is 0. The van der Waals surface area contributed by atoms with Gasteiger partial charge in [0.05, 0.1) is 5.56 Å². The number of phenols is 2. The molecular weight excluding hydrogens is 348 g/mol. The third-order valence-electron chi connectivity index (χ3n) is 4.70. The molecule has 28 heavy (non-hydrogen) atoms. The van der Waals surface area contributed by atoms with Crippen LogP contribution in [0, 0.1) is 0 Å². The summed E-state index contributed by atoms with van der Waals surface area (Å²) in [4.78, 5) is 13.1. The summed E-state index contributed by atoms with van der Waals surface area (Å²) < 4.78 is 0. The molecule has 0 aliphatic rings. The summed E-state index contributed by atoms with van der Waals surface area (Å²) in [6, 6.07) is 25.5. The second-order valence-electron chi connectivity index (χ2n) is 6.47. The van der Waals surface area contributed by atoms with E-state index in [1.165, 1.54) is 6.08 Å². The van der Waals surface area contributed by atoms with E-state index in [4.69, 9.17) is 0 Å². The Labute approximate surface area is 162 Å². The van der Waals surface area contributed by atoms with Crippen LogP contribution in [0.5, 0.6) is 11.5 Å². The van der Waals surface area contributed by atoms with Gasteiger partial charge < -0.3 is 10.2 Å². The van der Waals surface area contributed by atoms with Crippen LogP contribution in [0.25, 0.3) is 28.0 Å². The predicted molar refractivity (Wildman–Crippen MR) is 113 cm³/mol. The van der Waals surface area contributed by atoms with E-state index in [0.717, 1.165) is 5.56 Å². The Morgan fingerprint density at radius 2 is 1.21 bits per heavy atom. The summed E-state index contributed by atoms with van der Waals surface area (Å²) in [5.74, 6) is -0.521. The molecule has 0 bridgehead atoms. The fraction of sp³-hybridized carbons (Fsp3) is 0. The molecule has 0 fully saturated rings. The van der Waals surface area contributed by atoms with Gasteiger partial charge in [0.25, 0.3) is 0 Å². The first-order valence-electron chi connectivity index (χ1n) is 8.96. The number of phenolic OH excluding ortho intramolecular Hbond substituents is 2. The highest BCUT2D eigenvalue weighted by molar-refractivity contribution is 6.18. The lowest BCUT2D eigenvalue weighted by atomic mass is 9.90. The Bertz CT molecular complexity index is 1180. The number of rotatable bonds is 4. The molecule has 136 valence electrons. The van der Waals surface area contributed by atoms with E-state index in [-0.39, 0.29) is 22.8 Å². The largest absolute Gasteiger partial charge is 0.507 e. The van der Waals surface area contributed by atoms with Crippen molar-refractivity contribution in [1.29, 1.82) is 0 Å². The minimum atomic E-state index is -0.374. The van der Waals surface area contributed by atoms with Crippen LogP contribution in [0.3, 0.4) is 0 Å². The standard InChI is InChI=1S/C25H18O3/c26-21(16-15-17-9-3-1-4-10-17)23-22(18-11-5-2-6-12-18)24(27)19-13-7-8-14-20(19)25(23)28/h1-16,27-28H/b16-15-. The molecule has 0 radical (unpaired) electrons. The maximum atomic E-state index is 13.1. The Morgan fingerprint density at radius 3 is 1.86 bits per heavy atom. The summed E-state index contributed by atoms with van der Waals surface area (Å²) >= 11 is 0. The summed E-state index contributed by atoms with van der Waals surface area (Å²) in [5, 5.41) is 22.8. The smallest absolute Gasteiger partial charge is 0.190 e. The molecule has 0 heterocycles. The van der Waals surface area contributed by atoms with Gasteiger partial charge in [0.15, 0.2) is 5.78 Å². The number of carbonyl (C=O) groups excluding carboxylic acids is 1. The Morgan fingerprint density at radius 1 is 0.679 bits per heavy atom. The van der Waals surface area contributed by atoms with Crippen molar-refractivity contribution in [3.05, 3.63) is 102 Å². The lowest BCUT2D eigenvalue weighted by Gasteiger charge is -2.15. The average Bonchev–Trinajstić information content (AvgIpc) is 2.75. The van der Waals surface area contributed by atoms with Crippen molar-refractivity contribution in [3.63, 3.8) is 0 Å². The zero-order valence-electron chi connectivity index (χ0n) is 15.0. The van der Waals surface area contributed by atoms with Crippen molar-refractivity contribution in [3.8, 4) is 22.6 Å². The van der Waals surface area contributed by atoms with Crippen molar-refractivity contribution in [2.75, 3.05) is 0 Å². The van der Waals surface area contributed by atoms with Crippen LogP contribution >= 0.6 is 0 Å².